The van der Waals surface area contributed by atoms with Crippen LogP contribution in [-0.2, 0) is 9.98 Å². The summed E-state index contributed by atoms with van der Waals surface area (Å²) >= 11 is 0. The van der Waals surface area contributed by atoms with Gasteiger partial charge in [-0.25, -0.2) is 0 Å². The van der Waals surface area contributed by atoms with E-state index in [4.69, 9.17) is 0 Å². The van der Waals surface area contributed by atoms with Crippen molar-refractivity contribution in [2.24, 2.45) is 0 Å². The van der Waals surface area contributed by atoms with Gasteiger partial charge in [0.05, 0.1) is 0 Å². The summed E-state index contributed by atoms with van der Waals surface area (Å²) in [6.45, 7) is 4.74. The van der Waals surface area contributed by atoms with E-state index in [1.807, 2.05) is 24.3 Å². The van der Waals surface area contributed by atoms with Gasteiger partial charge in [-0.1, -0.05) is 238 Å². The molecule has 316 valence electrons. The molecule has 0 saturated carbocycles. The zero-order valence-corrected chi connectivity index (χ0v) is 38.3. The van der Waals surface area contributed by atoms with Crippen LogP contribution in [0, 0.1) is 0 Å². The molecule has 11 aromatic rings. The highest BCUT2D eigenvalue weighted by molar-refractivity contribution is 7.85. The summed E-state index contributed by atoms with van der Waals surface area (Å²) in [5, 5.41) is 7.60. The van der Waals surface area contributed by atoms with Crippen molar-refractivity contribution in [3.8, 4) is 77.9 Å². The van der Waals surface area contributed by atoms with Crippen molar-refractivity contribution in [3.63, 3.8) is 0 Å². The largest absolute Gasteiger partial charge is 0.309 e. The van der Waals surface area contributed by atoms with E-state index in [9.17, 15) is 0 Å². The van der Waals surface area contributed by atoms with Crippen LogP contribution >= 0.6 is 7.14 Å². The molecule has 0 fully saturated rings. The summed E-state index contributed by atoms with van der Waals surface area (Å²) in [6, 6.07) is 84.7. The molecule has 13 rings (SSSR count). The Labute approximate surface area is 392 Å². The van der Waals surface area contributed by atoms with Gasteiger partial charge in [-0.15, -0.1) is 0 Å². The van der Waals surface area contributed by atoms with E-state index in [0.717, 1.165) is 38.2 Å². The van der Waals surface area contributed by atoms with E-state index < -0.39 is 12.6 Å². The van der Waals surface area contributed by atoms with Crippen LogP contribution in [0.15, 0.2) is 237 Å². The zero-order chi connectivity index (χ0) is 44.9. The first-order valence-corrected chi connectivity index (χ1v) is 25.0. The van der Waals surface area contributed by atoms with Crippen molar-refractivity contribution in [2.75, 3.05) is 0 Å². The van der Waals surface area contributed by atoms with Crippen LogP contribution in [0.1, 0.15) is 25.0 Å². The molecule has 1 nitrogen and oxygen atoms in total. The zero-order valence-electron chi connectivity index (χ0n) is 37.4. The molecule has 67 heavy (non-hydrogen) atoms. The molecule has 2 aliphatic carbocycles. The molecule has 0 bridgehead atoms. The molecule has 0 spiro atoms. The lowest BCUT2D eigenvalue weighted by Gasteiger charge is -2.27. The lowest BCUT2D eigenvalue weighted by Crippen LogP contribution is -2.29. The Morgan fingerprint density at radius 2 is 0.746 bits per heavy atom. The van der Waals surface area contributed by atoms with Crippen LogP contribution in [0.5, 0.6) is 0 Å². The number of hydrogen-bond acceptors (Lipinski definition) is 1. The summed E-state index contributed by atoms with van der Waals surface area (Å²) in [5.41, 5.74) is 18.8. The van der Waals surface area contributed by atoms with Gasteiger partial charge in [0.2, 0.25) is 0 Å². The SMILES string of the molecule is CC1(C)c2cc(P(=O)(c3ccccc3-c3ccccc3)c3ccccc3-c3ccccc3)ccc2-c2c1cc1c3c(cccc23)-c2c-1c(-c1ccccc1)c1ccccc1c2-c1ccccc1. The molecule has 0 aromatic heterocycles. The molecular formula is C65H45OP. The maximum absolute atomic E-state index is 17.2. The maximum atomic E-state index is 17.2. The highest BCUT2D eigenvalue weighted by Crippen LogP contribution is 2.62. The summed E-state index contributed by atoms with van der Waals surface area (Å²) in [5.74, 6) is 0. The summed E-state index contributed by atoms with van der Waals surface area (Å²) in [6.07, 6.45) is 0. The van der Waals surface area contributed by atoms with Crippen LogP contribution in [0.4, 0.5) is 0 Å². The highest BCUT2D eigenvalue weighted by Gasteiger charge is 2.43. The van der Waals surface area contributed by atoms with Crippen LogP contribution in [-0.4, -0.2) is 0 Å². The standard InChI is InChI=1S/C65H45OP/c1-65(2)55-40-46(67(66,57-36-19-17-30-47(57)42-22-7-3-8-23-42)58-37-20-18-31-48(58)43-24-9-4-10-25-43)38-39-51(55)62-52-34-21-35-53-61(52)54(41-56(62)65)64-60(45-28-13-6-14-29-45)50-33-16-15-32-49(50)59(63(53)64)44-26-11-5-12-27-44/h3-41H,1-2H3. The predicted octanol–water partition coefficient (Wildman–Crippen LogP) is 16.3. The molecule has 0 saturated heterocycles. The van der Waals surface area contributed by atoms with Gasteiger partial charge in [0.25, 0.3) is 0 Å². The van der Waals surface area contributed by atoms with Gasteiger partial charge < -0.3 is 4.57 Å². The molecule has 0 radical (unpaired) electrons. The number of fused-ring (bicyclic) bond motifs is 8. The summed E-state index contributed by atoms with van der Waals surface area (Å²) in [7, 11) is -3.56. The van der Waals surface area contributed by atoms with Crippen molar-refractivity contribution < 1.29 is 4.57 Å². The van der Waals surface area contributed by atoms with Gasteiger partial charge in [0.1, 0.15) is 0 Å². The number of hydrogen-bond donors (Lipinski definition) is 0. The lowest BCUT2D eigenvalue weighted by atomic mass is 9.80. The van der Waals surface area contributed by atoms with E-state index >= 15 is 4.57 Å². The molecule has 2 heteroatoms. The minimum absolute atomic E-state index is 0.418. The van der Waals surface area contributed by atoms with Crippen LogP contribution in [0.25, 0.3) is 99.4 Å². The number of benzene rings is 11. The Morgan fingerprint density at radius 3 is 1.28 bits per heavy atom. The Kier molecular flexibility index (Phi) is 8.91. The lowest BCUT2D eigenvalue weighted by molar-refractivity contribution is 0.592. The fraction of sp³-hybridized carbons (Fsp3) is 0.0462. The molecule has 0 heterocycles. The smallest absolute Gasteiger partial charge is 0.172 e. The summed E-state index contributed by atoms with van der Waals surface area (Å²) in [4.78, 5) is 0. The molecular weight excluding hydrogens is 828 g/mol. The minimum Gasteiger partial charge on any atom is -0.309 e. The van der Waals surface area contributed by atoms with Crippen LogP contribution in [0.3, 0.4) is 0 Å². The topological polar surface area (TPSA) is 17.1 Å². The van der Waals surface area contributed by atoms with E-state index in [1.54, 1.807) is 0 Å². The molecule has 2 aliphatic rings. The van der Waals surface area contributed by atoms with Gasteiger partial charge in [0, 0.05) is 21.3 Å². The number of rotatable bonds is 7. The Bertz CT molecular complexity index is 3750. The first-order chi connectivity index (χ1) is 32.9. The molecule has 0 unspecified atom stereocenters. The molecule has 0 amide bonds. The maximum Gasteiger partial charge on any atom is 0.172 e. The van der Waals surface area contributed by atoms with Gasteiger partial charge >= 0.3 is 0 Å². The minimum atomic E-state index is -3.56. The average Bonchev–Trinajstić information content (AvgIpc) is 3.84. The first kappa shape index (κ1) is 39.5. The third-order valence-corrected chi connectivity index (χ3v) is 17.8. The molecule has 0 N–H and O–H groups in total. The van der Waals surface area contributed by atoms with Crippen molar-refractivity contribution in [1.82, 2.24) is 0 Å². The fourth-order valence-corrected chi connectivity index (χ4v) is 14.8. The van der Waals surface area contributed by atoms with Gasteiger partial charge in [-0.2, -0.15) is 0 Å². The van der Waals surface area contributed by atoms with Gasteiger partial charge in [-0.05, 0) is 123 Å². The Balaban J connectivity index is 1.08. The third kappa shape index (κ3) is 5.78. The monoisotopic (exact) mass is 872 g/mol. The van der Waals surface area contributed by atoms with Crippen LogP contribution in [0.2, 0.25) is 0 Å². The predicted molar refractivity (Wildman–Crippen MR) is 285 cm³/mol. The Hall–Kier alpha value is -7.83. The van der Waals surface area contributed by atoms with E-state index in [1.165, 1.54) is 88.3 Å². The van der Waals surface area contributed by atoms with Crippen LogP contribution < -0.4 is 15.9 Å². The molecule has 0 aliphatic heterocycles. The van der Waals surface area contributed by atoms with Crippen molar-refractivity contribution in [2.45, 2.75) is 19.3 Å². The van der Waals surface area contributed by atoms with E-state index in [-0.39, 0.29) is 0 Å². The van der Waals surface area contributed by atoms with Crippen molar-refractivity contribution >= 4 is 44.6 Å². The van der Waals surface area contributed by atoms with Gasteiger partial charge in [0.15, 0.2) is 7.14 Å². The second-order valence-electron chi connectivity index (χ2n) is 18.6. The second-order valence-corrected chi connectivity index (χ2v) is 21.3. The Morgan fingerprint density at radius 1 is 0.313 bits per heavy atom. The van der Waals surface area contributed by atoms with Crippen molar-refractivity contribution in [3.05, 3.63) is 248 Å². The van der Waals surface area contributed by atoms with Gasteiger partial charge in [-0.3, -0.25) is 0 Å². The first-order valence-electron chi connectivity index (χ1n) is 23.3. The normalized spacial score (nSPS) is 13.1. The second kappa shape index (κ2) is 15.1. The average molecular weight is 873 g/mol. The quantitative estimate of drug-likeness (QED) is 0.146. The van der Waals surface area contributed by atoms with E-state index in [2.05, 4.69) is 226 Å². The molecule has 0 atom stereocenters. The summed E-state index contributed by atoms with van der Waals surface area (Å²) < 4.78 is 17.2. The third-order valence-electron chi connectivity index (χ3n) is 14.7. The fourth-order valence-electron chi connectivity index (χ4n) is 11.7. The van der Waals surface area contributed by atoms with Crippen molar-refractivity contribution in [1.29, 1.82) is 0 Å². The highest BCUT2D eigenvalue weighted by atomic mass is 31.2. The van der Waals surface area contributed by atoms with E-state index in [0.29, 0.717) is 0 Å². The molecule has 11 aromatic carbocycles.